The van der Waals surface area contributed by atoms with Gasteiger partial charge < -0.3 is 4.74 Å². The van der Waals surface area contributed by atoms with E-state index in [0.717, 1.165) is 41.0 Å². The maximum Gasteiger partial charge on any atom is 0.308 e. The molecule has 0 amide bonds. The van der Waals surface area contributed by atoms with Crippen LogP contribution in [-0.2, 0) is 17.6 Å². The molecule has 3 aromatic rings. The summed E-state index contributed by atoms with van der Waals surface area (Å²) in [4.78, 5) is 22.9. The third kappa shape index (κ3) is 3.61. The van der Waals surface area contributed by atoms with E-state index in [0.29, 0.717) is 11.3 Å². The van der Waals surface area contributed by atoms with Gasteiger partial charge in [0, 0.05) is 17.9 Å². The second-order valence-corrected chi connectivity index (χ2v) is 6.14. The lowest BCUT2D eigenvalue weighted by molar-refractivity contribution is -0.131. The van der Waals surface area contributed by atoms with Crippen LogP contribution < -0.4 is 4.74 Å². The van der Waals surface area contributed by atoms with Gasteiger partial charge >= 0.3 is 5.97 Å². The minimum atomic E-state index is -0.392. The highest BCUT2D eigenvalue weighted by Gasteiger charge is 2.14. The summed E-state index contributed by atoms with van der Waals surface area (Å²) in [6, 6.07) is 17.8. The zero-order valence-corrected chi connectivity index (χ0v) is 14.4. The van der Waals surface area contributed by atoms with E-state index in [-0.39, 0.29) is 0 Å². The summed E-state index contributed by atoms with van der Waals surface area (Å²) < 4.78 is 5.34. The van der Waals surface area contributed by atoms with Crippen molar-refractivity contribution in [3.63, 3.8) is 0 Å². The van der Waals surface area contributed by atoms with E-state index < -0.39 is 5.97 Å². The van der Waals surface area contributed by atoms with Crippen molar-refractivity contribution in [3.05, 3.63) is 76.9 Å². The number of rotatable bonds is 5. The molecule has 0 saturated carbocycles. The molecule has 3 rings (SSSR count). The van der Waals surface area contributed by atoms with Gasteiger partial charge in [-0.05, 0) is 47.9 Å². The van der Waals surface area contributed by atoms with Crippen LogP contribution in [0.5, 0.6) is 5.75 Å². The van der Waals surface area contributed by atoms with Crippen LogP contribution in [0.1, 0.15) is 34.0 Å². The zero-order valence-electron chi connectivity index (χ0n) is 14.4. The first-order valence-corrected chi connectivity index (χ1v) is 8.33. The van der Waals surface area contributed by atoms with Gasteiger partial charge in [-0.3, -0.25) is 9.59 Å². The summed E-state index contributed by atoms with van der Waals surface area (Å²) in [5.41, 5.74) is 4.02. The van der Waals surface area contributed by atoms with E-state index in [1.54, 1.807) is 12.1 Å². The maximum atomic E-state index is 11.5. The van der Waals surface area contributed by atoms with Gasteiger partial charge in [-0.15, -0.1) is 0 Å². The van der Waals surface area contributed by atoms with E-state index >= 15 is 0 Å². The highest BCUT2D eigenvalue weighted by Crippen LogP contribution is 2.34. The zero-order chi connectivity index (χ0) is 17.8. The van der Waals surface area contributed by atoms with Crippen molar-refractivity contribution in [2.24, 2.45) is 0 Å². The fourth-order valence-corrected chi connectivity index (χ4v) is 3.22. The van der Waals surface area contributed by atoms with Crippen LogP contribution in [0, 0.1) is 6.92 Å². The van der Waals surface area contributed by atoms with Crippen LogP contribution in [0.3, 0.4) is 0 Å². The number of hydrogen-bond acceptors (Lipinski definition) is 3. The van der Waals surface area contributed by atoms with Crippen molar-refractivity contribution in [3.8, 4) is 5.75 Å². The molecule has 3 heteroatoms. The van der Waals surface area contributed by atoms with E-state index in [1.165, 1.54) is 12.5 Å². The Balaban J connectivity index is 2.10. The topological polar surface area (TPSA) is 43.4 Å². The molecular formula is C22H20O3. The van der Waals surface area contributed by atoms with Crippen LogP contribution in [0.4, 0.5) is 0 Å². The molecular weight excluding hydrogens is 312 g/mol. The number of esters is 1. The number of hydrogen-bond donors (Lipinski definition) is 0. The third-order valence-corrected chi connectivity index (χ3v) is 4.36. The van der Waals surface area contributed by atoms with Crippen LogP contribution in [0.2, 0.25) is 0 Å². The van der Waals surface area contributed by atoms with E-state index in [2.05, 4.69) is 12.1 Å². The molecule has 0 unspecified atom stereocenters. The Morgan fingerprint density at radius 3 is 2.40 bits per heavy atom. The van der Waals surface area contributed by atoms with Crippen LogP contribution in [0.25, 0.3) is 10.8 Å². The first-order valence-electron chi connectivity index (χ1n) is 8.33. The summed E-state index contributed by atoms with van der Waals surface area (Å²) >= 11 is 0. The molecule has 0 aliphatic rings. The molecule has 0 spiro atoms. The lowest BCUT2D eigenvalue weighted by Gasteiger charge is -2.15. The number of aryl methyl sites for hydroxylation is 3. The molecule has 3 nitrogen and oxygen atoms in total. The van der Waals surface area contributed by atoms with Gasteiger partial charge in [0.2, 0.25) is 0 Å². The SMILES string of the molecule is CC(=O)Oc1ccc(CCc2ccccc2)c2c(C)ccc(C=O)c12. The average Bonchev–Trinajstić information content (AvgIpc) is 2.62. The van der Waals surface area contributed by atoms with Gasteiger partial charge in [-0.25, -0.2) is 0 Å². The number of benzene rings is 3. The predicted octanol–water partition coefficient (Wildman–Crippen LogP) is 4.67. The van der Waals surface area contributed by atoms with Gasteiger partial charge in [0.1, 0.15) is 5.75 Å². The Labute approximate surface area is 147 Å². The second-order valence-electron chi connectivity index (χ2n) is 6.14. The monoisotopic (exact) mass is 332 g/mol. The minimum Gasteiger partial charge on any atom is -0.426 e. The van der Waals surface area contributed by atoms with Gasteiger partial charge in [0.25, 0.3) is 0 Å². The smallest absolute Gasteiger partial charge is 0.308 e. The average molecular weight is 332 g/mol. The number of fused-ring (bicyclic) bond motifs is 1. The molecule has 0 aliphatic heterocycles. The summed E-state index contributed by atoms with van der Waals surface area (Å²) in [7, 11) is 0. The van der Waals surface area contributed by atoms with Crippen molar-refractivity contribution in [1.82, 2.24) is 0 Å². The van der Waals surface area contributed by atoms with Gasteiger partial charge in [-0.2, -0.15) is 0 Å². The lowest BCUT2D eigenvalue weighted by Crippen LogP contribution is -2.04. The quantitative estimate of drug-likeness (QED) is 0.387. The van der Waals surface area contributed by atoms with Crippen molar-refractivity contribution in [2.75, 3.05) is 0 Å². The van der Waals surface area contributed by atoms with Crippen molar-refractivity contribution in [1.29, 1.82) is 0 Å². The molecule has 0 atom stereocenters. The molecule has 0 radical (unpaired) electrons. The number of aldehydes is 1. The number of carbonyl (C=O) groups excluding carboxylic acids is 2. The Morgan fingerprint density at radius 1 is 0.960 bits per heavy atom. The molecule has 0 aromatic heterocycles. The Hall–Kier alpha value is -2.94. The summed E-state index contributed by atoms with van der Waals surface area (Å²) in [5.74, 6) is 0.0495. The van der Waals surface area contributed by atoms with Crippen LogP contribution in [-0.4, -0.2) is 12.3 Å². The number of carbonyl (C=O) groups is 2. The van der Waals surface area contributed by atoms with Crippen molar-refractivity contribution >= 4 is 23.0 Å². The van der Waals surface area contributed by atoms with Crippen molar-refractivity contribution < 1.29 is 14.3 Å². The van der Waals surface area contributed by atoms with Gasteiger partial charge in [0.05, 0.1) is 0 Å². The van der Waals surface area contributed by atoms with E-state index in [4.69, 9.17) is 4.74 Å². The first-order chi connectivity index (χ1) is 12.1. The van der Waals surface area contributed by atoms with Crippen LogP contribution >= 0.6 is 0 Å². The molecule has 0 N–H and O–H groups in total. The van der Waals surface area contributed by atoms with E-state index in [9.17, 15) is 9.59 Å². The Morgan fingerprint density at radius 2 is 1.72 bits per heavy atom. The Bertz CT molecular complexity index is 927. The fourth-order valence-electron chi connectivity index (χ4n) is 3.22. The molecule has 0 saturated heterocycles. The molecule has 0 fully saturated rings. The molecule has 0 bridgehead atoms. The lowest BCUT2D eigenvalue weighted by atomic mass is 9.92. The number of ether oxygens (including phenoxy) is 1. The standard InChI is InChI=1S/C22H20O3/c1-15-8-10-19(14-23)22-20(25-16(2)24)13-12-18(21(15)22)11-9-17-6-4-3-5-7-17/h3-8,10,12-14H,9,11H2,1-2H3. The normalized spacial score (nSPS) is 10.6. The minimum absolute atomic E-state index is 0.392. The summed E-state index contributed by atoms with van der Waals surface area (Å²) in [6.07, 6.45) is 2.58. The van der Waals surface area contributed by atoms with Crippen molar-refractivity contribution in [2.45, 2.75) is 26.7 Å². The Kier molecular flexibility index (Phi) is 4.94. The molecule has 0 aliphatic carbocycles. The highest BCUT2D eigenvalue weighted by molar-refractivity contribution is 6.05. The highest BCUT2D eigenvalue weighted by atomic mass is 16.5. The van der Waals surface area contributed by atoms with Crippen LogP contribution in [0.15, 0.2) is 54.6 Å². The molecule has 0 heterocycles. The molecule has 25 heavy (non-hydrogen) atoms. The van der Waals surface area contributed by atoms with Gasteiger partial charge in [0.15, 0.2) is 6.29 Å². The fraction of sp³-hybridized carbons (Fsp3) is 0.182. The summed E-state index contributed by atoms with van der Waals surface area (Å²) in [5, 5.41) is 1.72. The second kappa shape index (κ2) is 7.31. The summed E-state index contributed by atoms with van der Waals surface area (Å²) in [6.45, 7) is 3.38. The maximum absolute atomic E-state index is 11.5. The third-order valence-electron chi connectivity index (χ3n) is 4.36. The largest absolute Gasteiger partial charge is 0.426 e. The molecule has 3 aromatic carbocycles. The molecule has 126 valence electrons. The first kappa shape index (κ1) is 16.9. The predicted molar refractivity (Wildman–Crippen MR) is 99.2 cm³/mol. The van der Waals surface area contributed by atoms with Gasteiger partial charge in [-0.1, -0.05) is 48.5 Å². The van der Waals surface area contributed by atoms with E-state index in [1.807, 2.05) is 37.3 Å².